The Hall–Kier alpha value is -3.28. The van der Waals surface area contributed by atoms with Gasteiger partial charge in [-0.05, 0) is 31.4 Å². The number of nitrogens with zero attached hydrogens (tertiary/aromatic N) is 4. The summed E-state index contributed by atoms with van der Waals surface area (Å²) in [6.07, 6.45) is 0.681. The first-order valence-electron chi connectivity index (χ1n) is 11.7. The van der Waals surface area contributed by atoms with Crippen molar-refractivity contribution < 1.29 is 23.9 Å². The molecule has 11 heteroatoms. The smallest absolute Gasteiger partial charge is 0.286 e. The van der Waals surface area contributed by atoms with Crippen LogP contribution in [0.3, 0.4) is 0 Å². The van der Waals surface area contributed by atoms with Gasteiger partial charge in [-0.2, -0.15) is 0 Å². The van der Waals surface area contributed by atoms with Crippen LogP contribution in [0.4, 0.5) is 10.8 Å². The third-order valence-corrected chi connectivity index (χ3v) is 7.51. The van der Waals surface area contributed by atoms with E-state index in [0.29, 0.717) is 31.3 Å². The summed E-state index contributed by atoms with van der Waals surface area (Å²) in [5.41, 5.74) is 2.50. The molecule has 10 nitrogen and oxygen atoms in total. The molecule has 2 heterocycles. The summed E-state index contributed by atoms with van der Waals surface area (Å²) >= 11 is 1.42. The number of hydrogen-bond acceptors (Lipinski definition) is 9. The number of carbonyl (C=O) groups excluding carboxylic acids is 1. The number of thiazole rings is 1. The number of ether oxygens (including phenoxy) is 3. The fraction of sp³-hybridized carbons (Fsp3) is 0.440. The summed E-state index contributed by atoms with van der Waals surface area (Å²) in [4.78, 5) is 33.9. The molecule has 1 aliphatic heterocycles. The van der Waals surface area contributed by atoms with Crippen molar-refractivity contribution in [3.63, 3.8) is 0 Å². The Morgan fingerprint density at radius 3 is 2.47 bits per heavy atom. The van der Waals surface area contributed by atoms with Crippen LogP contribution < -0.4 is 14.4 Å². The van der Waals surface area contributed by atoms with Gasteiger partial charge in [-0.15, -0.1) is 0 Å². The summed E-state index contributed by atoms with van der Waals surface area (Å²) in [6.45, 7) is 8.20. The Labute approximate surface area is 213 Å². The van der Waals surface area contributed by atoms with Gasteiger partial charge in [0.15, 0.2) is 16.6 Å². The number of rotatable bonds is 9. The minimum atomic E-state index is -0.576. The summed E-state index contributed by atoms with van der Waals surface area (Å²) in [5, 5.41) is 12.4. The van der Waals surface area contributed by atoms with Crippen molar-refractivity contribution >= 4 is 38.3 Å². The number of carbonyl (C=O) groups is 1. The molecule has 0 unspecified atom stereocenters. The predicted octanol–water partition coefficient (Wildman–Crippen LogP) is 4.21. The number of anilines is 1. The van der Waals surface area contributed by atoms with Gasteiger partial charge in [0.05, 0.1) is 48.6 Å². The van der Waals surface area contributed by atoms with Crippen molar-refractivity contribution in [2.45, 2.75) is 20.3 Å². The molecule has 192 valence electrons. The molecule has 1 fully saturated rings. The summed E-state index contributed by atoms with van der Waals surface area (Å²) in [5.74, 6) is -0.0689. The highest BCUT2D eigenvalue weighted by Gasteiger charge is 2.30. The summed E-state index contributed by atoms with van der Waals surface area (Å²) in [7, 11) is 2.82. The Morgan fingerprint density at radius 2 is 1.83 bits per heavy atom. The number of methoxy groups -OCH3 is 2. The highest BCUT2D eigenvalue weighted by atomic mass is 32.1. The predicted molar refractivity (Wildman–Crippen MR) is 139 cm³/mol. The van der Waals surface area contributed by atoms with Gasteiger partial charge in [0.25, 0.3) is 11.6 Å². The third kappa shape index (κ3) is 5.28. The maximum Gasteiger partial charge on any atom is 0.286 e. The molecule has 4 rings (SSSR count). The van der Waals surface area contributed by atoms with Crippen molar-refractivity contribution in [3.8, 4) is 11.5 Å². The molecule has 36 heavy (non-hydrogen) atoms. The van der Waals surface area contributed by atoms with Crippen LogP contribution in [0.2, 0.25) is 0 Å². The van der Waals surface area contributed by atoms with Crippen LogP contribution in [0, 0.1) is 24.0 Å². The molecular weight excluding hydrogens is 484 g/mol. The average Bonchev–Trinajstić information content (AvgIpc) is 3.34. The van der Waals surface area contributed by atoms with E-state index in [-0.39, 0.29) is 22.7 Å². The number of morpholine rings is 1. The van der Waals surface area contributed by atoms with Crippen molar-refractivity contribution in [2.75, 3.05) is 58.5 Å². The molecular formula is C25H30N4O6S. The van der Waals surface area contributed by atoms with E-state index in [4.69, 9.17) is 19.2 Å². The second-order valence-corrected chi connectivity index (χ2v) is 9.60. The van der Waals surface area contributed by atoms with Gasteiger partial charge in [-0.25, -0.2) is 4.98 Å². The first-order chi connectivity index (χ1) is 17.3. The lowest BCUT2D eigenvalue weighted by Gasteiger charge is -2.27. The largest absolute Gasteiger partial charge is 0.493 e. The van der Waals surface area contributed by atoms with Gasteiger partial charge >= 0.3 is 0 Å². The lowest BCUT2D eigenvalue weighted by molar-refractivity contribution is -0.385. The van der Waals surface area contributed by atoms with E-state index in [0.717, 1.165) is 41.0 Å². The van der Waals surface area contributed by atoms with Crippen LogP contribution in [0.1, 0.15) is 27.9 Å². The van der Waals surface area contributed by atoms with Crippen LogP contribution in [0.5, 0.6) is 11.5 Å². The maximum absolute atomic E-state index is 13.9. The van der Waals surface area contributed by atoms with Crippen LogP contribution in [0.25, 0.3) is 10.2 Å². The second-order valence-electron chi connectivity index (χ2n) is 8.62. The standard InChI is InChI=1S/C25H30N4O6S/c1-16-6-7-17(2)23-22(16)26-25(36-23)28(9-5-8-27-10-12-35-13-11-27)24(30)18-14-20(33-3)21(34-4)15-19(18)29(31)32/h6-7,14-15H,5,8-13H2,1-4H3. The fourth-order valence-electron chi connectivity index (χ4n) is 4.26. The van der Waals surface area contributed by atoms with E-state index in [2.05, 4.69) is 4.90 Å². The summed E-state index contributed by atoms with van der Waals surface area (Å²) in [6, 6.07) is 6.64. The van der Waals surface area contributed by atoms with E-state index < -0.39 is 10.8 Å². The maximum atomic E-state index is 13.9. The molecule has 1 aromatic heterocycles. The lowest BCUT2D eigenvalue weighted by atomic mass is 10.1. The Bertz CT molecular complexity index is 1230. The highest BCUT2D eigenvalue weighted by molar-refractivity contribution is 7.22. The van der Waals surface area contributed by atoms with Crippen molar-refractivity contribution in [2.24, 2.45) is 0 Å². The Balaban J connectivity index is 1.74. The van der Waals surface area contributed by atoms with Crippen molar-refractivity contribution in [1.29, 1.82) is 0 Å². The fourth-order valence-corrected chi connectivity index (χ4v) is 5.40. The molecule has 0 bridgehead atoms. The lowest BCUT2D eigenvalue weighted by Crippen LogP contribution is -2.39. The van der Waals surface area contributed by atoms with Gasteiger partial charge < -0.3 is 14.2 Å². The van der Waals surface area contributed by atoms with E-state index in [1.165, 1.54) is 37.7 Å². The van der Waals surface area contributed by atoms with Gasteiger partial charge in [-0.3, -0.25) is 24.7 Å². The molecule has 3 aromatic rings. The molecule has 1 saturated heterocycles. The van der Waals surface area contributed by atoms with Crippen LogP contribution in [-0.4, -0.2) is 74.3 Å². The number of nitro groups is 1. The molecule has 0 aliphatic carbocycles. The SMILES string of the molecule is COc1cc(C(=O)N(CCCN2CCOCC2)c2nc3c(C)ccc(C)c3s2)c([N+](=O)[O-])cc1OC. The van der Waals surface area contributed by atoms with E-state index >= 15 is 0 Å². The number of fused-ring (bicyclic) bond motifs is 1. The number of benzene rings is 2. The number of hydrogen-bond donors (Lipinski definition) is 0. The van der Waals surface area contributed by atoms with E-state index in [9.17, 15) is 14.9 Å². The molecule has 0 radical (unpaired) electrons. The number of nitro benzene ring substituents is 1. The quantitative estimate of drug-likeness (QED) is 0.309. The van der Waals surface area contributed by atoms with E-state index in [1.54, 1.807) is 4.90 Å². The number of aromatic nitrogens is 1. The first-order valence-corrected chi connectivity index (χ1v) is 12.5. The minimum Gasteiger partial charge on any atom is -0.493 e. The van der Waals surface area contributed by atoms with E-state index in [1.807, 2.05) is 26.0 Å². The average molecular weight is 515 g/mol. The normalized spacial score (nSPS) is 14.1. The molecule has 0 spiro atoms. The van der Waals surface area contributed by atoms with Crippen LogP contribution in [-0.2, 0) is 4.74 Å². The van der Waals surface area contributed by atoms with Gasteiger partial charge in [0.2, 0.25) is 0 Å². The minimum absolute atomic E-state index is 0.0725. The molecule has 1 amide bonds. The highest BCUT2D eigenvalue weighted by Crippen LogP contribution is 2.38. The molecule has 0 atom stereocenters. The zero-order valence-electron chi connectivity index (χ0n) is 20.9. The summed E-state index contributed by atoms with van der Waals surface area (Å²) < 4.78 is 17.0. The number of aryl methyl sites for hydroxylation is 2. The van der Waals surface area contributed by atoms with Gasteiger partial charge in [0, 0.05) is 32.2 Å². The Kier molecular flexibility index (Phi) is 8.02. The van der Waals surface area contributed by atoms with Gasteiger partial charge in [0.1, 0.15) is 5.56 Å². The van der Waals surface area contributed by atoms with Crippen molar-refractivity contribution in [1.82, 2.24) is 9.88 Å². The van der Waals surface area contributed by atoms with Crippen LogP contribution >= 0.6 is 11.3 Å². The molecule has 0 N–H and O–H groups in total. The van der Waals surface area contributed by atoms with Gasteiger partial charge in [-0.1, -0.05) is 23.5 Å². The third-order valence-electron chi connectivity index (χ3n) is 6.30. The number of amides is 1. The zero-order chi connectivity index (χ0) is 25.8. The first kappa shape index (κ1) is 25.8. The molecule has 0 saturated carbocycles. The Morgan fingerprint density at radius 1 is 1.17 bits per heavy atom. The molecule has 1 aliphatic rings. The zero-order valence-corrected chi connectivity index (χ0v) is 21.7. The van der Waals surface area contributed by atoms with Crippen LogP contribution in [0.15, 0.2) is 24.3 Å². The second kappa shape index (κ2) is 11.2. The monoisotopic (exact) mass is 514 g/mol. The van der Waals surface area contributed by atoms with Crippen molar-refractivity contribution in [3.05, 3.63) is 51.1 Å². The molecule has 2 aromatic carbocycles. The topological polar surface area (TPSA) is 107 Å².